The van der Waals surface area contributed by atoms with Gasteiger partial charge < -0.3 is 4.90 Å². The SMILES string of the molecule is CSCCC(C#N)N1CCN(C)CC1. The Balaban J connectivity index is 2.34. The van der Waals surface area contributed by atoms with E-state index < -0.39 is 0 Å². The Morgan fingerprint density at radius 1 is 1.36 bits per heavy atom. The molecule has 0 N–H and O–H groups in total. The summed E-state index contributed by atoms with van der Waals surface area (Å²) in [6.45, 7) is 4.28. The van der Waals surface area contributed by atoms with Crippen molar-refractivity contribution in [1.29, 1.82) is 5.26 Å². The van der Waals surface area contributed by atoms with E-state index in [1.807, 2.05) is 11.8 Å². The van der Waals surface area contributed by atoms with Gasteiger partial charge in [-0.3, -0.25) is 4.90 Å². The van der Waals surface area contributed by atoms with E-state index in [9.17, 15) is 0 Å². The highest BCUT2D eigenvalue weighted by atomic mass is 32.2. The lowest BCUT2D eigenvalue weighted by molar-refractivity contribution is 0.131. The van der Waals surface area contributed by atoms with Gasteiger partial charge in [0.2, 0.25) is 0 Å². The summed E-state index contributed by atoms with van der Waals surface area (Å²) in [6.07, 6.45) is 3.10. The molecule has 1 aliphatic rings. The third-order valence-electron chi connectivity index (χ3n) is 2.72. The standard InChI is InChI=1S/C10H19N3S/c1-12-4-6-13(7-5-12)10(9-11)3-8-14-2/h10H,3-8H2,1-2H3. The summed E-state index contributed by atoms with van der Waals surface area (Å²) in [5.74, 6) is 1.09. The van der Waals surface area contributed by atoms with Gasteiger partial charge >= 0.3 is 0 Å². The van der Waals surface area contributed by atoms with Crippen LogP contribution in [0.25, 0.3) is 0 Å². The predicted octanol–water partition coefficient (Wildman–Crippen LogP) is 0.879. The highest BCUT2D eigenvalue weighted by Crippen LogP contribution is 2.10. The van der Waals surface area contributed by atoms with Crippen molar-refractivity contribution in [3.8, 4) is 6.07 Å². The minimum Gasteiger partial charge on any atom is -0.304 e. The van der Waals surface area contributed by atoms with E-state index >= 15 is 0 Å². The Hall–Kier alpha value is -0.240. The topological polar surface area (TPSA) is 30.3 Å². The molecule has 0 aliphatic carbocycles. The van der Waals surface area contributed by atoms with E-state index in [1.54, 1.807) is 0 Å². The summed E-state index contributed by atoms with van der Waals surface area (Å²) in [7, 11) is 2.14. The van der Waals surface area contributed by atoms with Crippen LogP contribution in [0, 0.1) is 11.3 Å². The van der Waals surface area contributed by atoms with Crippen molar-refractivity contribution in [3.63, 3.8) is 0 Å². The second-order valence-corrected chi connectivity index (χ2v) is 4.75. The molecule has 0 saturated carbocycles. The molecule has 0 amide bonds. The maximum absolute atomic E-state index is 9.06. The first-order valence-electron chi connectivity index (χ1n) is 5.09. The Kier molecular flexibility index (Phi) is 5.31. The number of nitrogens with zero attached hydrogens (tertiary/aromatic N) is 3. The van der Waals surface area contributed by atoms with Gasteiger partial charge in [0.05, 0.1) is 12.1 Å². The zero-order chi connectivity index (χ0) is 10.4. The van der Waals surface area contributed by atoms with Gasteiger partial charge in [0.25, 0.3) is 0 Å². The van der Waals surface area contributed by atoms with E-state index in [2.05, 4.69) is 29.2 Å². The van der Waals surface area contributed by atoms with Gasteiger partial charge in [0, 0.05) is 26.2 Å². The Morgan fingerprint density at radius 3 is 2.50 bits per heavy atom. The van der Waals surface area contributed by atoms with Crippen molar-refractivity contribution >= 4 is 11.8 Å². The largest absolute Gasteiger partial charge is 0.304 e. The van der Waals surface area contributed by atoms with E-state index in [4.69, 9.17) is 5.26 Å². The molecule has 1 unspecified atom stereocenters. The normalized spacial score (nSPS) is 21.8. The number of thioether (sulfide) groups is 1. The van der Waals surface area contributed by atoms with Crippen molar-refractivity contribution in [3.05, 3.63) is 0 Å². The highest BCUT2D eigenvalue weighted by Gasteiger charge is 2.21. The number of likely N-dealkylation sites (N-methyl/N-ethyl adjacent to an activating group) is 1. The van der Waals surface area contributed by atoms with Gasteiger partial charge in [0.1, 0.15) is 0 Å². The van der Waals surface area contributed by atoms with Crippen LogP contribution in [-0.2, 0) is 0 Å². The molecule has 14 heavy (non-hydrogen) atoms. The smallest absolute Gasteiger partial charge is 0.0986 e. The molecule has 1 aliphatic heterocycles. The Labute approximate surface area is 91.1 Å². The highest BCUT2D eigenvalue weighted by molar-refractivity contribution is 7.98. The molecule has 0 aromatic rings. The van der Waals surface area contributed by atoms with Crippen LogP contribution in [0.1, 0.15) is 6.42 Å². The summed E-state index contributed by atoms with van der Waals surface area (Å²) in [4.78, 5) is 4.63. The van der Waals surface area contributed by atoms with Gasteiger partial charge in [-0.2, -0.15) is 17.0 Å². The molecule has 1 saturated heterocycles. The summed E-state index contributed by atoms with van der Waals surface area (Å²) >= 11 is 1.82. The molecule has 1 atom stereocenters. The number of nitriles is 1. The lowest BCUT2D eigenvalue weighted by Crippen LogP contribution is -2.48. The fraction of sp³-hybridized carbons (Fsp3) is 0.900. The van der Waals surface area contributed by atoms with Crippen LogP contribution in [-0.4, -0.2) is 61.1 Å². The van der Waals surface area contributed by atoms with Gasteiger partial charge in [-0.05, 0) is 25.5 Å². The molecule has 4 heteroatoms. The molecule has 1 rings (SSSR count). The number of piperazine rings is 1. The van der Waals surface area contributed by atoms with Crippen molar-refractivity contribution < 1.29 is 0 Å². The van der Waals surface area contributed by atoms with E-state index in [0.29, 0.717) is 0 Å². The van der Waals surface area contributed by atoms with Crippen LogP contribution in [0.15, 0.2) is 0 Å². The van der Waals surface area contributed by atoms with Gasteiger partial charge in [0.15, 0.2) is 0 Å². The van der Waals surface area contributed by atoms with Crippen molar-refractivity contribution in [1.82, 2.24) is 9.80 Å². The second-order valence-electron chi connectivity index (χ2n) is 3.77. The van der Waals surface area contributed by atoms with Crippen molar-refractivity contribution in [2.75, 3.05) is 45.2 Å². The first-order valence-corrected chi connectivity index (χ1v) is 6.48. The third kappa shape index (κ3) is 3.49. The van der Waals surface area contributed by atoms with Crippen LogP contribution >= 0.6 is 11.8 Å². The average Bonchev–Trinajstić information content (AvgIpc) is 2.21. The first-order chi connectivity index (χ1) is 6.77. The van der Waals surface area contributed by atoms with E-state index in [-0.39, 0.29) is 6.04 Å². The van der Waals surface area contributed by atoms with Crippen LogP contribution < -0.4 is 0 Å². The molecular weight excluding hydrogens is 194 g/mol. The summed E-state index contributed by atoms with van der Waals surface area (Å²) in [6, 6.07) is 2.55. The maximum atomic E-state index is 9.06. The number of hydrogen-bond donors (Lipinski definition) is 0. The Morgan fingerprint density at radius 2 is 2.00 bits per heavy atom. The third-order valence-corrected chi connectivity index (χ3v) is 3.37. The van der Waals surface area contributed by atoms with Gasteiger partial charge in [-0.15, -0.1) is 0 Å². The molecule has 0 aromatic carbocycles. The van der Waals surface area contributed by atoms with Crippen molar-refractivity contribution in [2.45, 2.75) is 12.5 Å². The number of rotatable bonds is 4. The molecule has 1 heterocycles. The van der Waals surface area contributed by atoms with Crippen molar-refractivity contribution in [2.24, 2.45) is 0 Å². The summed E-state index contributed by atoms with van der Waals surface area (Å²) in [5, 5.41) is 9.06. The molecule has 0 bridgehead atoms. The zero-order valence-corrected chi connectivity index (χ0v) is 9.89. The van der Waals surface area contributed by atoms with Gasteiger partial charge in [-0.1, -0.05) is 0 Å². The maximum Gasteiger partial charge on any atom is 0.0986 e. The lowest BCUT2D eigenvalue weighted by atomic mass is 10.2. The van der Waals surface area contributed by atoms with Crippen LogP contribution in [0.3, 0.4) is 0 Å². The minimum atomic E-state index is 0.135. The monoisotopic (exact) mass is 213 g/mol. The fourth-order valence-electron chi connectivity index (χ4n) is 1.69. The molecule has 0 spiro atoms. The number of hydrogen-bond acceptors (Lipinski definition) is 4. The summed E-state index contributed by atoms with van der Waals surface area (Å²) < 4.78 is 0. The van der Waals surface area contributed by atoms with Gasteiger partial charge in [-0.25, -0.2) is 0 Å². The predicted molar refractivity (Wildman–Crippen MR) is 61.5 cm³/mol. The Bertz CT molecular complexity index is 194. The molecule has 3 nitrogen and oxygen atoms in total. The average molecular weight is 213 g/mol. The van der Waals surface area contributed by atoms with E-state index in [1.165, 1.54) is 0 Å². The molecule has 0 radical (unpaired) electrons. The minimum absolute atomic E-state index is 0.135. The van der Waals surface area contributed by atoms with E-state index in [0.717, 1.165) is 38.4 Å². The first kappa shape index (κ1) is 11.8. The van der Waals surface area contributed by atoms with Crippen LogP contribution in [0.5, 0.6) is 0 Å². The lowest BCUT2D eigenvalue weighted by Gasteiger charge is -2.35. The molecule has 0 aromatic heterocycles. The van der Waals surface area contributed by atoms with Crippen LogP contribution in [0.4, 0.5) is 0 Å². The quantitative estimate of drug-likeness (QED) is 0.693. The molecular formula is C10H19N3S. The molecule has 80 valence electrons. The summed E-state index contributed by atoms with van der Waals surface area (Å²) in [5.41, 5.74) is 0. The fourth-order valence-corrected chi connectivity index (χ4v) is 2.15. The van der Waals surface area contributed by atoms with Crippen LogP contribution in [0.2, 0.25) is 0 Å². The zero-order valence-electron chi connectivity index (χ0n) is 9.07. The molecule has 1 fully saturated rings. The second kappa shape index (κ2) is 6.28.